The molecule has 14 heavy (non-hydrogen) atoms. The summed E-state index contributed by atoms with van der Waals surface area (Å²) in [6.07, 6.45) is -4.37. The molecule has 0 saturated carbocycles. The number of nitrogens with two attached hydrogens (primary N) is 1. The monoisotopic (exact) mass is 213 g/mol. The standard InChI is InChI=1S/C7H14F3N3O/c1-5(12-3-2-11)6(14)13-4-7(8,9)10/h5,12H,2-4,11H2,1H3,(H,13,14). The second kappa shape index (κ2) is 5.82. The number of carbonyl (C=O) groups is 1. The summed E-state index contributed by atoms with van der Waals surface area (Å²) in [6, 6.07) is -0.666. The van der Waals surface area contributed by atoms with E-state index in [1.807, 2.05) is 0 Å². The molecule has 0 aliphatic carbocycles. The molecule has 0 radical (unpaired) electrons. The van der Waals surface area contributed by atoms with E-state index in [-0.39, 0.29) is 0 Å². The van der Waals surface area contributed by atoms with Crippen molar-refractivity contribution in [3.8, 4) is 0 Å². The van der Waals surface area contributed by atoms with Gasteiger partial charge in [0.1, 0.15) is 6.54 Å². The normalized spacial score (nSPS) is 13.8. The number of hydrogen-bond donors (Lipinski definition) is 3. The molecule has 0 aromatic heterocycles. The van der Waals surface area contributed by atoms with E-state index in [1.165, 1.54) is 6.92 Å². The van der Waals surface area contributed by atoms with Gasteiger partial charge in [0.15, 0.2) is 0 Å². The van der Waals surface area contributed by atoms with Gasteiger partial charge in [-0.25, -0.2) is 0 Å². The molecule has 4 nitrogen and oxygen atoms in total. The molecule has 7 heteroatoms. The highest BCUT2D eigenvalue weighted by molar-refractivity contribution is 5.81. The Morgan fingerprint density at radius 3 is 2.50 bits per heavy atom. The zero-order chi connectivity index (χ0) is 11.2. The van der Waals surface area contributed by atoms with Crippen LogP contribution in [0.4, 0.5) is 13.2 Å². The topological polar surface area (TPSA) is 67.1 Å². The van der Waals surface area contributed by atoms with Crippen molar-refractivity contribution >= 4 is 5.91 Å². The largest absolute Gasteiger partial charge is 0.405 e. The van der Waals surface area contributed by atoms with Crippen molar-refractivity contribution in [2.75, 3.05) is 19.6 Å². The van der Waals surface area contributed by atoms with Crippen molar-refractivity contribution in [1.29, 1.82) is 0 Å². The van der Waals surface area contributed by atoms with E-state index in [9.17, 15) is 18.0 Å². The van der Waals surface area contributed by atoms with Crippen LogP contribution in [-0.2, 0) is 4.79 Å². The van der Waals surface area contributed by atoms with E-state index in [1.54, 1.807) is 5.32 Å². The molecule has 0 fully saturated rings. The van der Waals surface area contributed by atoms with Crippen LogP contribution in [0, 0.1) is 0 Å². The van der Waals surface area contributed by atoms with Crippen molar-refractivity contribution in [1.82, 2.24) is 10.6 Å². The van der Waals surface area contributed by atoms with Crippen LogP contribution in [0.5, 0.6) is 0 Å². The number of rotatable bonds is 5. The second-order valence-electron chi connectivity index (χ2n) is 2.80. The average molecular weight is 213 g/mol. The van der Waals surface area contributed by atoms with Gasteiger partial charge in [0.2, 0.25) is 5.91 Å². The molecule has 84 valence electrons. The van der Waals surface area contributed by atoms with Gasteiger partial charge in [0.05, 0.1) is 6.04 Å². The van der Waals surface area contributed by atoms with Gasteiger partial charge in [-0.15, -0.1) is 0 Å². The van der Waals surface area contributed by atoms with Crippen molar-refractivity contribution < 1.29 is 18.0 Å². The highest BCUT2D eigenvalue weighted by atomic mass is 19.4. The first-order valence-corrected chi connectivity index (χ1v) is 4.14. The molecule has 0 aromatic carbocycles. The van der Waals surface area contributed by atoms with Crippen LogP contribution >= 0.6 is 0 Å². The van der Waals surface area contributed by atoms with E-state index in [0.29, 0.717) is 13.1 Å². The SMILES string of the molecule is CC(NCCN)C(=O)NCC(F)(F)F. The molecule has 1 unspecified atom stereocenters. The first kappa shape index (κ1) is 13.2. The number of alkyl halides is 3. The van der Waals surface area contributed by atoms with Crippen molar-refractivity contribution in [3.05, 3.63) is 0 Å². The Morgan fingerprint density at radius 1 is 1.50 bits per heavy atom. The van der Waals surface area contributed by atoms with Gasteiger partial charge >= 0.3 is 6.18 Å². The van der Waals surface area contributed by atoms with Crippen molar-refractivity contribution in [3.63, 3.8) is 0 Å². The zero-order valence-corrected chi connectivity index (χ0v) is 7.82. The van der Waals surface area contributed by atoms with E-state index >= 15 is 0 Å². The van der Waals surface area contributed by atoms with Crippen LogP contribution in [0.2, 0.25) is 0 Å². The molecule has 0 aromatic rings. The van der Waals surface area contributed by atoms with E-state index in [0.717, 1.165) is 0 Å². The van der Waals surface area contributed by atoms with Gasteiger partial charge in [-0.1, -0.05) is 0 Å². The lowest BCUT2D eigenvalue weighted by Gasteiger charge is -2.14. The molecule has 1 atom stereocenters. The van der Waals surface area contributed by atoms with Crippen LogP contribution in [0.1, 0.15) is 6.92 Å². The number of halogens is 3. The van der Waals surface area contributed by atoms with Gasteiger partial charge in [0, 0.05) is 13.1 Å². The molecule has 0 bridgehead atoms. The third-order valence-electron chi connectivity index (χ3n) is 1.45. The summed E-state index contributed by atoms with van der Waals surface area (Å²) >= 11 is 0. The molecule has 1 amide bonds. The Balaban J connectivity index is 3.73. The molecule has 4 N–H and O–H groups in total. The average Bonchev–Trinajstić information content (AvgIpc) is 2.09. The Hall–Kier alpha value is -0.820. The predicted octanol–water partition coefficient (Wildman–Crippen LogP) is -0.398. The highest BCUT2D eigenvalue weighted by Gasteiger charge is 2.28. The fourth-order valence-corrected chi connectivity index (χ4v) is 0.733. The van der Waals surface area contributed by atoms with Gasteiger partial charge in [0.25, 0.3) is 0 Å². The quantitative estimate of drug-likeness (QED) is 0.582. The third kappa shape index (κ3) is 6.67. The summed E-state index contributed by atoms with van der Waals surface area (Å²) in [5.74, 6) is -0.684. The second-order valence-corrected chi connectivity index (χ2v) is 2.80. The first-order valence-electron chi connectivity index (χ1n) is 4.14. The summed E-state index contributed by atoms with van der Waals surface area (Å²) in [7, 11) is 0. The molecule has 0 aliphatic rings. The van der Waals surface area contributed by atoms with Gasteiger partial charge in [-0.05, 0) is 6.92 Å². The minimum atomic E-state index is -4.37. The Kier molecular flexibility index (Phi) is 5.47. The minimum absolute atomic E-state index is 0.330. The van der Waals surface area contributed by atoms with E-state index in [4.69, 9.17) is 5.73 Å². The van der Waals surface area contributed by atoms with Crippen LogP contribution in [0.25, 0.3) is 0 Å². The Bertz CT molecular complexity index is 184. The van der Waals surface area contributed by atoms with Gasteiger partial charge < -0.3 is 16.4 Å². The maximum atomic E-state index is 11.7. The fraction of sp³-hybridized carbons (Fsp3) is 0.857. The van der Waals surface area contributed by atoms with Crippen molar-refractivity contribution in [2.24, 2.45) is 5.73 Å². The molecular formula is C7H14F3N3O. The Morgan fingerprint density at radius 2 is 2.07 bits per heavy atom. The summed E-state index contributed by atoms with van der Waals surface area (Å²) in [6.45, 7) is 0.888. The van der Waals surface area contributed by atoms with Crippen molar-refractivity contribution in [2.45, 2.75) is 19.1 Å². The lowest BCUT2D eigenvalue weighted by Crippen LogP contribution is -2.46. The van der Waals surface area contributed by atoms with Crippen LogP contribution in [0.3, 0.4) is 0 Å². The van der Waals surface area contributed by atoms with Crippen LogP contribution in [-0.4, -0.2) is 37.8 Å². The predicted molar refractivity (Wildman–Crippen MR) is 45.6 cm³/mol. The summed E-state index contributed by atoms with van der Waals surface area (Å²) in [5, 5.41) is 4.43. The molecule has 0 heterocycles. The third-order valence-corrected chi connectivity index (χ3v) is 1.45. The summed E-state index contributed by atoms with van der Waals surface area (Å²) in [4.78, 5) is 11.0. The molecular weight excluding hydrogens is 199 g/mol. The van der Waals surface area contributed by atoms with Crippen LogP contribution in [0.15, 0.2) is 0 Å². The smallest absolute Gasteiger partial charge is 0.346 e. The number of hydrogen-bond acceptors (Lipinski definition) is 3. The lowest BCUT2D eigenvalue weighted by atomic mass is 10.3. The molecule has 0 spiro atoms. The lowest BCUT2D eigenvalue weighted by molar-refractivity contribution is -0.139. The van der Waals surface area contributed by atoms with Gasteiger partial charge in [-0.3, -0.25) is 4.79 Å². The molecule has 0 rings (SSSR count). The molecule has 0 saturated heterocycles. The number of amides is 1. The maximum Gasteiger partial charge on any atom is 0.405 e. The summed E-state index contributed by atoms with van der Waals surface area (Å²) < 4.78 is 35.0. The minimum Gasteiger partial charge on any atom is -0.346 e. The Labute approximate surface area is 80.0 Å². The first-order chi connectivity index (χ1) is 6.37. The van der Waals surface area contributed by atoms with E-state index in [2.05, 4.69) is 5.32 Å². The molecule has 0 aliphatic heterocycles. The zero-order valence-electron chi connectivity index (χ0n) is 7.82. The van der Waals surface area contributed by atoms with Gasteiger partial charge in [-0.2, -0.15) is 13.2 Å². The highest BCUT2D eigenvalue weighted by Crippen LogP contribution is 2.12. The van der Waals surface area contributed by atoms with E-state index < -0.39 is 24.7 Å². The number of carbonyl (C=O) groups excluding carboxylic acids is 1. The maximum absolute atomic E-state index is 11.7. The fourth-order valence-electron chi connectivity index (χ4n) is 0.733. The van der Waals surface area contributed by atoms with Crippen LogP contribution < -0.4 is 16.4 Å². The number of nitrogens with one attached hydrogen (secondary N) is 2. The summed E-state index contributed by atoms with van der Waals surface area (Å²) in [5.41, 5.74) is 5.15.